The molecular weight excluding hydrogens is 514 g/mol. The molecule has 0 atom stereocenters. The first-order chi connectivity index (χ1) is 18.5. The van der Waals surface area contributed by atoms with Gasteiger partial charge in [0, 0.05) is 25.0 Å². The predicted molar refractivity (Wildman–Crippen MR) is 136 cm³/mol. The van der Waals surface area contributed by atoms with Crippen molar-refractivity contribution in [3.8, 4) is 11.1 Å². The first-order valence-corrected chi connectivity index (χ1v) is 11.4. The number of nitrogens with two attached hydrogens (primary N) is 2. The molecule has 0 saturated carbocycles. The van der Waals surface area contributed by atoms with E-state index in [4.69, 9.17) is 20.7 Å². The number of halogens is 2. The summed E-state index contributed by atoms with van der Waals surface area (Å²) in [6.07, 6.45) is -2.64. The number of aromatic nitrogens is 2. The van der Waals surface area contributed by atoms with Crippen LogP contribution in [0.2, 0.25) is 0 Å². The summed E-state index contributed by atoms with van der Waals surface area (Å²) in [5, 5.41) is 18.7. The first-order valence-electron chi connectivity index (χ1n) is 11.4. The van der Waals surface area contributed by atoms with Gasteiger partial charge >= 0.3 is 12.2 Å². The van der Waals surface area contributed by atoms with Gasteiger partial charge in [0.15, 0.2) is 11.6 Å². The molecule has 0 aliphatic carbocycles. The second-order valence-electron chi connectivity index (χ2n) is 8.51. The number of carbonyl (C=O) groups excluding carboxylic acids is 1. The number of hydrogen-bond acceptors (Lipinski definition) is 6. The van der Waals surface area contributed by atoms with E-state index in [1.165, 1.54) is 0 Å². The van der Waals surface area contributed by atoms with Gasteiger partial charge in [-0.25, -0.2) is 28.3 Å². The normalized spacial score (nSPS) is 11.9. The number of carbonyl (C=O) groups is 3. The molecule has 0 radical (unpaired) electrons. The summed E-state index contributed by atoms with van der Waals surface area (Å²) in [6.45, 7) is 0.610. The molecule has 1 aliphatic rings. The second kappa shape index (κ2) is 11.0. The second-order valence-corrected chi connectivity index (χ2v) is 8.51. The van der Waals surface area contributed by atoms with Crippen molar-refractivity contribution in [3.63, 3.8) is 0 Å². The summed E-state index contributed by atoms with van der Waals surface area (Å²) < 4.78 is 28.1. The standard InChI is InChI=1S/C25H19F2N5O3.CH3NO2/c26-19-8-16(10-29-25(34)35)17(9-20(19)27)13-5-6-21-18(7-13)22(31-24(28)30-21)23(33)32-11-14-3-1-2-4-15(14)12-32;2-1(3)4/h1-9,29H,10-12H2,(H,34,35)(H2,28,30,31);2H2,(H,3,4). The Hall–Kier alpha value is -5.33. The van der Waals surface area contributed by atoms with Crippen LogP contribution in [0.15, 0.2) is 54.6 Å². The van der Waals surface area contributed by atoms with Gasteiger partial charge in [-0.05, 0) is 52.1 Å². The number of rotatable bonds is 4. The van der Waals surface area contributed by atoms with Crippen LogP contribution >= 0.6 is 0 Å². The van der Waals surface area contributed by atoms with Crippen LogP contribution in [0, 0.1) is 11.6 Å². The summed E-state index contributed by atoms with van der Waals surface area (Å²) >= 11 is 0. The zero-order valence-electron chi connectivity index (χ0n) is 20.2. The molecule has 5 rings (SSSR count). The number of fused-ring (bicyclic) bond motifs is 2. The summed E-state index contributed by atoms with van der Waals surface area (Å²) in [5.74, 6) is -2.59. The predicted octanol–water partition coefficient (Wildman–Crippen LogP) is 3.70. The molecular formula is C26H22F2N6O5. The van der Waals surface area contributed by atoms with E-state index in [0.717, 1.165) is 23.3 Å². The van der Waals surface area contributed by atoms with Crippen LogP contribution in [0.25, 0.3) is 22.0 Å². The molecule has 3 amide bonds. The molecule has 3 aromatic carbocycles. The quantitative estimate of drug-likeness (QED) is 0.261. The number of anilines is 1. The van der Waals surface area contributed by atoms with Crippen LogP contribution in [0.4, 0.5) is 24.3 Å². The molecule has 2 heterocycles. The van der Waals surface area contributed by atoms with Crippen molar-refractivity contribution in [2.24, 2.45) is 5.73 Å². The smallest absolute Gasteiger partial charge is 0.404 e. The van der Waals surface area contributed by atoms with Gasteiger partial charge in [-0.1, -0.05) is 30.3 Å². The lowest BCUT2D eigenvalue weighted by Gasteiger charge is -2.17. The highest BCUT2D eigenvalue weighted by Gasteiger charge is 2.27. The van der Waals surface area contributed by atoms with E-state index in [-0.39, 0.29) is 35.2 Å². The molecule has 0 saturated heterocycles. The molecule has 0 spiro atoms. The summed E-state index contributed by atoms with van der Waals surface area (Å²) in [7, 11) is 0. The minimum absolute atomic E-state index is 0.0653. The number of benzene rings is 3. The van der Waals surface area contributed by atoms with Crippen LogP contribution in [0.5, 0.6) is 0 Å². The third kappa shape index (κ3) is 5.98. The maximum atomic E-state index is 14.1. The van der Waals surface area contributed by atoms with Crippen molar-refractivity contribution in [2.45, 2.75) is 19.6 Å². The number of nitrogens with one attached hydrogen (secondary N) is 1. The fourth-order valence-corrected chi connectivity index (χ4v) is 4.28. The average molecular weight is 536 g/mol. The van der Waals surface area contributed by atoms with Gasteiger partial charge in [-0.3, -0.25) is 4.79 Å². The molecule has 1 aromatic heterocycles. The molecule has 4 aromatic rings. The highest BCUT2D eigenvalue weighted by Crippen LogP contribution is 2.31. The van der Waals surface area contributed by atoms with Crippen LogP contribution < -0.4 is 16.8 Å². The van der Waals surface area contributed by atoms with Crippen molar-refractivity contribution >= 4 is 34.9 Å². The third-order valence-electron chi connectivity index (χ3n) is 5.93. The van der Waals surface area contributed by atoms with Gasteiger partial charge in [0.05, 0.1) is 5.52 Å². The van der Waals surface area contributed by atoms with Crippen molar-refractivity contribution in [3.05, 3.63) is 88.6 Å². The van der Waals surface area contributed by atoms with Gasteiger partial charge in [-0.15, -0.1) is 0 Å². The van der Waals surface area contributed by atoms with Gasteiger partial charge in [0.2, 0.25) is 5.95 Å². The monoisotopic (exact) mass is 536 g/mol. The lowest BCUT2D eigenvalue weighted by atomic mass is 9.97. The molecule has 39 heavy (non-hydrogen) atoms. The first kappa shape index (κ1) is 26.7. The Morgan fingerprint density at radius 2 is 1.56 bits per heavy atom. The summed E-state index contributed by atoms with van der Waals surface area (Å²) in [6, 6.07) is 14.5. The summed E-state index contributed by atoms with van der Waals surface area (Å²) in [4.78, 5) is 43.3. The van der Waals surface area contributed by atoms with Crippen LogP contribution in [-0.4, -0.2) is 43.2 Å². The number of amides is 3. The fourth-order valence-electron chi connectivity index (χ4n) is 4.28. The van der Waals surface area contributed by atoms with Crippen LogP contribution in [-0.2, 0) is 19.6 Å². The third-order valence-corrected chi connectivity index (χ3v) is 5.93. The minimum atomic E-state index is -1.33. The van der Waals surface area contributed by atoms with Crippen molar-refractivity contribution in [1.29, 1.82) is 0 Å². The Balaban J connectivity index is 0.000000826. The van der Waals surface area contributed by atoms with Crippen molar-refractivity contribution < 1.29 is 33.4 Å². The number of nitrogen functional groups attached to an aromatic ring is 1. The maximum absolute atomic E-state index is 14.1. The SMILES string of the molecule is NC(=O)O.Nc1nc(C(=O)N2Cc3ccccc3C2)c2cc(-c3cc(F)c(F)cc3CNC(=O)O)ccc2n1. The van der Waals surface area contributed by atoms with Crippen LogP contribution in [0.3, 0.4) is 0 Å². The molecule has 7 N–H and O–H groups in total. The van der Waals surface area contributed by atoms with E-state index in [0.29, 0.717) is 29.6 Å². The Labute approximate surface area is 219 Å². The maximum Gasteiger partial charge on any atom is 0.404 e. The van der Waals surface area contributed by atoms with Crippen molar-refractivity contribution in [2.75, 3.05) is 5.73 Å². The number of nitrogens with zero attached hydrogens (tertiary/aromatic N) is 3. The Morgan fingerprint density at radius 3 is 2.18 bits per heavy atom. The summed E-state index contributed by atoms with van der Waals surface area (Å²) in [5.41, 5.74) is 13.4. The average Bonchev–Trinajstić information content (AvgIpc) is 3.32. The van der Waals surface area contributed by atoms with Gasteiger partial charge in [-0.2, -0.15) is 0 Å². The Morgan fingerprint density at radius 1 is 0.949 bits per heavy atom. The van der Waals surface area contributed by atoms with E-state index < -0.39 is 23.8 Å². The number of primary amides is 1. The largest absolute Gasteiger partial charge is 0.465 e. The minimum Gasteiger partial charge on any atom is -0.465 e. The highest BCUT2D eigenvalue weighted by molar-refractivity contribution is 6.06. The fraction of sp³-hybridized carbons (Fsp3) is 0.115. The highest BCUT2D eigenvalue weighted by atomic mass is 19.2. The zero-order chi connectivity index (χ0) is 28.3. The molecule has 200 valence electrons. The molecule has 13 heteroatoms. The molecule has 0 bridgehead atoms. The van der Waals surface area contributed by atoms with Gasteiger partial charge in [0.1, 0.15) is 5.69 Å². The number of hydrogen-bond donors (Lipinski definition) is 5. The van der Waals surface area contributed by atoms with Gasteiger partial charge < -0.3 is 31.9 Å². The van der Waals surface area contributed by atoms with E-state index in [2.05, 4.69) is 21.0 Å². The molecule has 0 fully saturated rings. The van der Waals surface area contributed by atoms with E-state index in [1.807, 2.05) is 24.3 Å². The Bertz CT molecular complexity index is 1580. The lowest BCUT2D eigenvalue weighted by molar-refractivity contribution is 0.0747. The number of carboxylic acid groups (broad SMARTS) is 2. The van der Waals surface area contributed by atoms with E-state index >= 15 is 0 Å². The van der Waals surface area contributed by atoms with Crippen molar-refractivity contribution in [1.82, 2.24) is 20.2 Å². The molecule has 0 unspecified atom stereocenters. The molecule has 1 aliphatic heterocycles. The lowest BCUT2D eigenvalue weighted by Crippen LogP contribution is -2.27. The topological polar surface area (TPSA) is 185 Å². The zero-order valence-corrected chi connectivity index (χ0v) is 20.2. The van der Waals surface area contributed by atoms with E-state index in [9.17, 15) is 18.4 Å². The Kier molecular flexibility index (Phi) is 7.51. The van der Waals surface area contributed by atoms with Crippen LogP contribution in [0.1, 0.15) is 27.2 Å². The molecule has 11 nitrogen and oxygen atoms in total. The van der Waals surface area contributed by atoms with E-state index in [1.54, 1.807) is 23.1 Å². The van der Waals surface area contributed by atoms with Gasteiger partial charge in [0.25, 0.3) is 5.91 Å².